The van der Waals surface area contributed by atoms with Crippen LogP contribution in [0.1, 0.15) is 39.5 Å². The molecule has 3 heterocycles. The molecule has 3 rings (SSSR count). The quantitative estimate of drug-likeness (QED) is 0.720. The molecule has 0 saturated carbocycles. The Hall–Kier alpha value is -1.81. The van der Waals surface area contributed by atoms with E-state index in [9.17, 15) is 0 Å². The first-order valence-corrected chi connectivity index (χ1v) is 9.44. The van der Waals surface area contributed by atoms with Gasteiger partial charge in [0.15, 0.2) is 0 Å². The smallest absolute Gasteiger partial charge is 0.111 e. The van der Waals surface area contributed by atoms with Crippen LogP contribution in [0, 0.1) is 0 Å². The van der Waals surface area contributed by atoms with E-state index in [0.29, 0.717) is 5.54 Å². The highest BCUT2D eigenvalue weighted by atomic mass is 15.5. The van der Waals surface area contributed by atoms with Crippen LogP contribution in [-0.2, 0) is 0 Å². The predicted octanol–water partition coefficient (Wildman–Crippen LogP) is 3.47. The fraction of sp³-hybridized carbons (Fsp3) is 0.571. The summed E-state index contributed by atoms with van der Waals surface area (Å²) < 4.78 is 0. The second kappa shape index (κ2) is 7.20. The first kappa shape index (κ1) is 18.0. The maximum atomic E-state index is 4.61. The highest BCUT2D eigenvalue weighted by Gasteiger charge is 2.53. The normalized spacial score (nSPS) is 33.5. The summed E-state index contributed by atoms with van der Waals surface area (Å²) in [6.45, 7) is 14.5. The molecule has 2 fully saturated rings. The van der Waals surface area contributed by atoms with E-state index in [2.05, 4.69) is 48.4 Å². The lowest BCUT2D eigenvalue weighted by atomic mass is 9.79. The Kier molecular flexibility index (Phi) is 5.19. The summed E-state index contributed by atoms with van der Waals surface area (Å²) >= 11 is 0. The molecule has 3 unspecified atom stereocenters. The number of allylic oxidation sites excluding steroid dienone is 5. The third-order valence-electron chi connectivity index (χ3n) is 5.89. The maximum absolute atomic E-state index is 4.61. The van der Waals surface area contributed by atoms with Crippen LogP contribution in [-0.4, -0.2) is 53.4 Å². The molecule has 0 amide bonds. The zero-order valence-electron chi connectivity index (χ0n) is 16.0. The molecule has 3 aliphatic heterocycles. The molecule has 0 radical (unpaired) electrons. The summed E-state index contributed by atoms with van der Waals surface area (Å²) in [5, 5.41) is 10.1. The maximum Gasteiger partial charge on any atom is 0.111 e. The fourth-order valence-electron chi connectivity index (χ4n) is 4.76. The van der Waals surface area contributed by atoms with Gasteiger partial charge in [0, 0.05) is 36.8 Å². The zero-order chi connectivity index (χ0) is 18.0. The van der Waals surface area contributed by atoms with Crippen LogP contribution in [0.3, 0.4) is 0 Å². The van der Waals surface area contributed by atoms with Crippen LogP contribution in [0.2, 0.25) is 0 Å². The minimum absolute atomic E-state index is 0.479. The van der Waals surface area contributed by atoms with E-state index in [4.69, 9.17) is 0 Å². The monoisotopic (exact) mass is 340 g/mol. The number of nitrogens with one attached hydrogen (secondary N) is 1. The van der Waals surface area contributed by atoms with Gasteiger partial charge in [-0.05, 0) is 39.5 Å². The summed E-state index contributed by atoms with van der Waals surface area (Å²) in [4.78, 5) is 2.74. The molecule has 0 aromatic heterocycles. The van der Waals surface area contributed by atoms with E-state index in [1.807, 2.05) is 24.2 Å². The van der Waals surface area contributed by atoms with E-state index >= 15 is 0 Å². The summed E-state index contributed by atoms with van der Waals surface area (Å²) in [5.74, 6) is 0. The van der Waals surface area contributed by atoms with Gasteiger partial charge in [0.1, 0.15) is 5.71 Å². The van der Waals surface area contributed by atoms with Crippen molar-refractivity contribution < 1.29 is 0 Å². The van der Waals surface area contributed by atoms with Crippen molar-refractivity contribution in [2.24, 2.45) is 5.10 Å². The highest BCUT2D eigenvalue weighted by molar-refractivity contribution is 6.13. The van der Waals surface area contributed by atoms with E-state index < -0.39 is 0 Å². The van der Waals surface area contributed by atoms with Gasteiger partial charge in [-0.1, -0.05) is 37.5 Å². The van der Waals surface area contributed by atoms with Crippen molar-refractivity contribution in [2.75, 3.05) is 20.1 Å². The molecule has 0 aromatic carbocycles. The van der Waals surface area contributed by atoms with Gasteiger partial charge in [-0.2, -0.15) is 5.10 Å². The fourth-order valence-corrected chi connectivity index (χ4v) is 4.76. The second-order valence-corrected chi connectivity index (χ2v) is 7.92. The molecule has 0 aliphatic carbocycles. The van der Waals surface area contributed by atoms with Crippen molar-refractivity contribution in [3.63, 3.8) is 0 Å². The third kappa shape index (κ3) is 3.59. The lowest BCUT2D eigenvalue weighted by molar-refractivity contribution is -0.0516. The molecule has 25 heavy (non-hydrogen) atoms. The van der Waals surface area contributed by atoms with Crippen LogP contribution in [0.15, 0.2) is 53.8 Å². The Bertz CT molecular complexity index is 630. The topological polar surface area (TPSA) is 30.9 Å². The average molecular weight is 341 g/mol. The van der Waals surface area contributed by atoms with Gasteiger partial charge in [0.05, 0.1) is 12.2 Å². The summed E-state index contributed by atoms with van der Waals surface area (Å²) in [5.41, 5.74) is 3.58. The van der Waals surface area contributed by atoms with Crippen LogP contribution < -0.4 is 5.32 Å². The molecule has 4 heteroatoms. The van der Waals surface area contributed by atoms with E-state index in [1.54, 1.807) is 6.08 Å². The molecule has 136 valence electrons. The first-order valence-electron chi connectivity index (χ1n) is 9.44. The lowest BCUT2D eigenvalue weighted by Crippen LogP contribution is -2.63. The lowest BCUT2D eigenvalue weighted by Gasteiger charge is -2.55. The number of hydrazone groups is 1. The number of hydrogen-bond acceptors (Lipinski definition) is 4. The molecule has 2 saturated heterocycles. The highest BCUT2D eigenvalue weighted by Crippen LogP contribution is 2.48. The third-order valence-corrected chi connectivity index (χ3v) is 5.89. The van der Waals surface area contributed by atoms with Crippen LogP contribution >= 0.6 is 0 Å². The van der Waals surface area contributed by atoms with Gasteiger partial charge in [-0.15, -0.1) is 0 Å². The van der Waals surface area contributed by atoms with Gasteiger partial charge in [-0.3, -0.25) is 9.91 Å². The Labute approximate surface area is 152 Å². The number of likely N-dealkylation sites (N-methyl/N-ethyl adjacent to an activating group) is 1. The predicted molar refractivity (Wildman–Crippen MR) is 107 cm³/mol. The Morgan fingerprint density at radius 2 is 2.24 bits per heavy atom. The Morgan fingerprint density at radius 3 is 2.96 bits per heavy atom. The van der Waals surface area contributed by atoms with Crippen molar-refractivity contribution in [3.05, 3.63) is 48.7 Å². The van der Waals surface area contributed by atoms with Crippen molar-refractivity contribution in [2.45, 2.75) is 57.2 Å². The Morgan fingerprint density at radius 1 is 1.44 bits per heavy atom. The van der Waals surface area contributed by atoms with Gasteiger partial charge < -0.3 is 5.32 Å². The molecule has 3 atom stereocenters. The molecule has 0 aromatic rings. The van der Waals surface area contributed by atoms with Crippen LogP contribution in [0.25, 0.3) is 0 Å². The molecular formula is C21H32N4. The van der Waals surface area contributed by atoms with Gasteiger partial charge in [0.2, 0.25) is 0 Å². The summed E-state index contributed by atoms with van der Waals surface area (Å²) in [7, 11) is 2.00. The number of rotatable bonds is 7. The average Bonchev–Trinajstić information content (AvgIpc) is 3.02. The SMILES string of the molecule is C=C/C=C\C=C1/CN(C)N=C1C(=C)NCCC1CC2(C)CCC(C)N12. The van der Waals surface area contributed by atoms with Crippen molar-refractivity contribution in [3.8, 4) is 0 Å². The second-order valence-electron chi connectivity index (χ2n) is 7.92. The number of nitrogens with zero attached hydrogens (tertiary/aromatic N) is 3. The Balaban J connectivity index is 1.51. The van der Waals surface area contributed by atoms with Crippen LogP contribution in [0.4, 0.5) is 0 Å². The van der Waals surface area contributed by atoms with Crippen LogP contribution in [0.5, 0.6) is 0 Å². The van der Waals surface area contributed by atoms with Gasteiger partial charge >= 0.3 is 0 Å². The molecular weight excluding hydrogens is 308 g/mol. The standard InChI is InChI=1S/C21H32N4/c1-6-7-8-9-18-15-24(5)23-20(18)17(3)22-13-11-19-14-21(4)12-10-16(2)25(19)21/h6-9,16,19,22H,1,3,10-15H2,2,4-5H3/b8-7-,18-9+. The molecule has 1 N–H and O–H groups in total. The van der Waals surface area contributed by atoms with Gasteiger partial charge in [-0.25, -0.2) is 0 Å². The minimum atomic E-state index is 0.479. The molecule has 0 bridgehead atoms. The van der Waals surface area contributed by atoms with Crippen molar-refractivity contribution >= 4 is 5.71 Å². The summed E-state index contributed by atoms with van der Waals surface area (Å²) in [6, 6.07) is 1.47. The zero-order valence-corrected chi connectivity index (χ0v) is 16.0. The van der Waals surface area contributed by atoms with E-state index in [1.165, 1.54) is 31.3 Å². The number of fused-ring (bicyclic) bond motifs is 1. The molecule has 4 nitrogen and oxygen atoms in total. The minimum Gasteiger partial charge on any atom is -0.384 e. The van der Waals surface area contributed by atoms with Crippen molar-refractivity contribution in [1.29, 1.82) is 0 Å². The van der Waals surface area contributed by atoms with E-state index in [0.717, 1.165) is 36.6 Å². The van der Waals surface area contributed by atoms with E-state index in [-0.39, 0.29) is 0 Å². The molecule has 0 spiro atoms. The van der Waals surface area contributed by atoms with Gasteiger partial charge in [0.25, 0.3) is 0 Å². The largest absolute Gasteiger partial charge is 0.384 e. The summed E-state index contributed by atoms with van der Waals surface area (Å²) in [6.07, 6.45) is 13.1. The first-order chi connectivity index (χ1) is 11.9. The van der Waals surface area contributed by atoms with Crippen molar-refractivity contribution in [1.82, 2.24) is 15.2 Å². The number of hydrogen-bond donors (Lipinski definition) is 1. The molecule has 3 aliphatic rings.